The maximum atomic E-state index is 6.02. The van der Waals surface area contributed by atoms with Gasteiger partial charge in [-0.1, -0.05) is 18.2 Å². The first-order valence-corrected chi connectivity index (χ1v) is 6.78. The number of H-pyrrole nitrogens is 1. The summed E-state index contributed by atoms with van der Waals surface area (Å²) < 4.78 is 0. The fourth-order valence-corrected chi connectivity index (χ4v) is 2.97. The molecule has 1 aromatic carbocycles. The largest absolute Gasteiger partial charge is 0.361 e. The molecule has 0 amide bonds. The predicted octanol–water partition coefficient (Wildman–Crippen LogP) is 2.48. The van der Waals surface area contributed by atoms with Crippen LogP contribution in [-0.2, 0) is 6.54 Å². The molecule has 0 saturated carbocycles. The Morgan fingerprint density at radius 3 is 3.06 bits per heavy atom. The van der Waals surface area contributed by atoms with Crippen molar-refractivity contribution in [1.29, 1.82) is 0 Å². The SMILES string of the molecule is CC1CC(N)CCN1Cc1c[nH]c2ccccc12. The molecule has 1 aliphatic rings. The summed E-state index contributed by atoms with van der Waals surface area (Å²) in [6.45, 7) is 4.42. The van der Waals surface area contributed by atoms with Crippen LogP contribution in [0.3, 0.4) is 0 Å². The summed E-state index contributed by atoms with van der Waals surface area (Å²) in [5, 5.41) is 1.35. The molecular formula is C15H21N3. The maximum absolute atomic E-state index is 6.02. The number of fused-ring (bicyclic) bond motifs is 1. The Bertz CT molecular complexity index is 531. The van der Waals surface area contributed by atoms with E-state index in [2.05, 4.69) is 47.3 Å². The number of rotatable bonds is 2. The fourth-order valence-electron chi connectivity index (χ4n) is 2.97. The topological polar surface area (TPSA) is 45.0 Å². The number of aromatic nitrogens is 1. The van der Waals surface area contributed by atoms with E-state index in [9.17, 15) is 0 Å². The molecule has 1 saturated heterocycles. The van der Waals surface area contributed by atoms with E-state index in [4.69, 9.17) is 5.73 Å². The zero-order valence-corrected chi connectivity index (χ0v) is 10.9. The van der Waals surface area contributed by atoms with Crippen molar-refractivity contribution in [3.8, 4) is 0 Å². The molecule has 0 spiro atoms. The highest BCUT2D eigenvalue weighted by Crippen LogP contribution is 2.23. The third-order valence-corrected chi connectivity index (χ3v) is 4.10. The molecular weight excluding hydrogens is 222 g/mol. The van der Waals surface area contributed by atoms with Crippen molar-refractivity contribution < 1.29 is 0 Å². The lowest BCUT2D eigenvalue weighted by Crippen LogP contribution is -2.44. The summed E-state index contributed by atoms with van der Waals surface area (Å²) in [6.07, 6.45) is 4.38. The highest BCUT2D eigenvalue weighted by molar-refractivity contribution is 5.82. The van der Waals surface area contributed by atoms with Crippen LogP contribution in [0.15, 0.2) is 30.5 Å². The molecule has 0 bridgehead atoms. The van der Waals surface area contributed by atoms with Crippen LogP contribution in [0.25, 0.3) is 10.9 Å². The quantitative estimate of drug-likeness (QED) is 0.851. The number of likely N-dealkylation sites (tertiary alicyclic amines) is 1. The van der Waals surface area contributed by atoms with Crippen LogP contribution >= 0.6 is 0 Å². The smallest absolute Gasteiger partial charge is 0.0457 e. The molecule has 3 heteroatoms. The fraction of sp³-hybridized carbons (Fsp3) is 0.467. The highest BCUT2D eigenvalue weighted by atomic mass is 15.2. The molecule has 1 aromatic heterocycles. The average molecular weight is 243 g/mol. The summed E-state index contributed by atoms with van der Waals surface area (Å²) in [4.78, 5) is 5.89. The molecule has 3 rings (SSSR count). The number of benzene rings is 1. The molecule has 0 aliphatic carbocycles. The van der Waals surface area contributed by atoms with Crippen molar-refractivity contribution in [3.05, 3.63) is 36.0 Å². The molecule has 0 radical (unpaired) electrons. The molecule has 18 heavy (non-hydrogen) atoms. The van der Waals surface area contributed by atoms with Gasteiger partial charge >= 0.3 is 0 Å². The molecule has 2 unspecified atom stereocenters. The van der Waals surface area contributed by atoms with Gasteiger partial charge in [-0.3, -0.25) is 4.90 Å². The Labute approximate surface area is 108 Å². The van der Waals surface area contributed by atoms with Gasteiger partial charge in [0.05, 0.1) is 0 Å². The summed E-state index contributed by atoms with van der Waals surface area (Å²) in [5.41, 5.74) is 8.65. The standard InChI is InChI=1S/C15H21N3/c1-11-8-13(16)6-7-18(11)10-12-9-17-15-5-3-2-4-14(12)15/h2-5,9,11,13,17H,6-8,10,16H2,1H3. The van der Waals surface area contributed by atoms with E-state index < -0.39 is 0 Å². The molecule has 3 nitrogen and oxygen atoms in total. The first-order chi connectivity index (χ1) is 8.74. The zero-order valence-electron chi connectivity index (χ0n) is 10.9. The van der Waals surface area contributed by atoms with Crippen molar-refractivity contribution in [2.45, 2.75) is 38.4 Å². The van der Waals surface area contributed by atoms with Gasteiger partial charge < -0.3 is 10.7 Å². The minimum atomic E-state index is 0.388. The second-order valence-electron chi connectivity index (χ2n) is 5.46. The molecule has 1 aliphatic heterocycles. The van der Waals surface area contributed by atoms with Gasteiger partial charge in [-0.25, -0.2) is 0 Å². The minimum Gasteiger partial charge on any atom is -0.361 e. The average Bonchev–Trinajstić information content (AvgIpc) is 2.76. The van der Waals surface area contributed by atoms with E-state index in [1.54, 1.807) is 0 Å². The van der Waals surface area contributed by atoms with Gasteiger partial charge in [0.1, 0.15) is 0 Å². The molecule has 2 aromatic rings. The number of hydrogen-bond donors (Lipinski definition) is 2. The lowest BCUT2D eigenvalue weighted by atomic mass is 9.98. The van der Waals surface area contributed by atoms with Crippen molar-refractivity contribution in [3.63, 3.8) is 0 Å². The van der Waals surface area contributed by atoms with E-state index in [0.29, 0.717) is 12.1 Å². The number of hydrogen-bond acceptors (Lipinski definition) is 2. The van der Waals surface area contributed by atoms with Crippen LogP contribution in [-0.4, -0.2) is 28.5 Å². The summed E-state index contributed by atoms with van der Waals surface area (Å²) in [7, 11) is 0. The van der Waals surface area contributed by atoms with Gasteiger partial charge in [0, 0.05) is 42.3 Å². The summed E-state index contributed by atoms with van der Waals surface area (Å²) >= 11 is 0. The Kier molecular flexibility index (Phi) is 3.10. The lowest BCUT2D eigenvalue weighted by Gasteiger charge is -2.36. The predicted molar refractivity (Wildman–Crippen MR) is 75.4 cm³/mol. The van der Waals surface area contributed by atoms with Gasteiger partial charge in [-0.2, -0.15) is 0 Å². The monoisotopic (exact) mass is 243 g/mol. The van der Waals surface area contributed by atoms with E-state index in [-0.39, 0.29) is 0 Å². The maximum Gasteiger partial charge on any atom is 0.0457 e. The van der Waals surface area contributed by atoms with E-state index in [1.165, 1.54) is 16.5 Å². The Morgan fingerprint density at radius 2 is 2.22 bits per heavy atom. The van der Waals surface area contributed by atoms with Crippen molar-refractivity contribution >= 4 is 10.9 Å². The number of para-hydroxylation sites is 1. The minimum absolute atomic E-state index is 0.388. The van der Waals surface area contributed by atoms with Gasteiger partial charge in [0.2, 0.25) is 0 Å². The second kappa shape index (κ2) is 4.75. The first-order valence-electron chi connectivity index (χ1n) is 6.78. The third-order valence-electron chi connectivity index (χ3n) is 4.10. The lowest BCUT2D eigenvalue weighted by molar-refractivity contribution is 0.140. The van der Waals surface area contributed by atoms with Crippen LogP contribution in [0.4, 0.5) is 0 Å². The van der Waals surface area contributed by atoms with Gasteiger partial charge in [0.15, 0.2) is 0 Å². The Balaban J connectivity index is 1.80. The molecule has 3 N–H and O–H groups in total. The number of piperidine rings is 1. The van der Waals surface area contributed by atoms with Gasteiger partial charge in [-0.05, 0) is 31.4 Å². The Hall–Kier alpha value is -1.32. The number of nitrogens with one attached hydrogen (secondary N) is 1. The van der Waals surface area contributed by atoms with Gasteiger partial charge in [-0.15, -0.1) is 0 Å². The van der Waals surface area contributed by atoms with Crippen LogP contribution in [0, 0.1) is 0 Å². The Morgan fingerprint density at radius 1 is 1.39 bits per heavy atom. The highest BCUT2D eigenvalue weighted by Gasteiger charge is 2.23. The molecule has 2 atom stereocenters. The zero-order chi connectivity index (χ0) is 12.5. The second-order valence-corrected chi connectivity index (χ2v) is 5.46. The van der Waals surface area contributed by atoms with Crippen molar-refractivity contribution in [2.24, 2.45) is 5.73 Å². The van der Waals surface area contributed by atoms with Crippen molar-refractivity contribution in [2.75, 3.05) is 6.54 Å². The van der Waals surface area contributed by atoms with E-state index >= 15 is 0 Å². The number of nitrogens with two attached hydrogens (primary N) is 1. The van der Waals surface area contributed by atoms with Crippen LogP contribution < -0.4 is 5.73 Å². The summed E-state index contributed by atoms with van der Waals surface area (Å²) in [5.74, 6) is 0. The molecule has 96 valence electrons. The molecule has 2 heterocycles. The van der Waals surface area contributed by atoms with Crippen LogP contribution in [0.5, 0.6) is 0 Å². The third kappa shape index (κ3) is 2.16. The summed E-state index contributed by atoms with van der Waals surface area (Å²) in [6, 6.07) is 9.48. The van der Waals surface area contributed by atoms with Crippen molar-refractivity contribution in [1.82, 2.24) is 9.88 Å². The molecule has 1 fully saturated rings. The normalized spacial score (nSPS) is 25.7. The van der Waals surface area contributed by atoms with Crippen LogP contribution in [0.2, 0.25) is 0 Å². The number of aromatic amines is 1. The van der Waals surface area contributed by atoms with E-state index in [0.717, 1.165) is 25.9 Å². The van der Waals surface area contributed by atoms with Crippen LogP contribution in [0.1, 0.15) is 25.3 Å². The number of nitrogens with zero attached hydrogens (tertiary/aromatic N) is 1. The van der Waals surface area contributed by atoms with Gasteiger partial charge in [0.25, 0.3) is 0 Å². The van der Waals surface area contributed by atoms with E-state index in [1.807, 2.05) is 0 Å². The first kappa shape index (κ1) is 11.8.